The molecule has 0 spiro atoms. The molecule has 0 fully saturated rings. The number of nitrogens with zero attached hydrogens (tertiary/aromatic N) is 1. The lowest BCUT2D eigenvalue weighted by atomic mass is 9.98. The van der Waals surface area contributed by atoms with E-state index in [2.05, 4.69) is 30.1 Å². The highest BCUT2D eigenvalue weighted by Crippen LogP contribution is 2.28. The first-order valence-corrected chi connectivity index (χ1v) is 9.75. The molecule has 0 radical (unpaired) electrons. The maximum atomic E-state index is 12.4. The van der Waals surface area contributed by atoms with Crippen LogP contribution in [0.5, 0.6) is 11.5 Å². The summed E-state index contributed by atoms with van der Waals surface area (Å²) in [5.41, 5.74) is 2.26. The SMILES string of the molecule is CCC(C)c1ccccc1OCC(=O)NCC(c1ccc(OC)cc1)N(C)C. The predicted molar refractivity (Wildman–Crippen MR) is 113 cm³/mol. The van der Waals surface area contributed by atoms with Crippen LogP contribution >= 0.6 is 0 Å². The number of benzene rings is 2. The lowest BCUT2D eigenvalue weighted by Gasteiger charge is -2.25. The van der Waals surface area contributed by atoms with Gasteiger partial charge in [-0.1, -0.05) is 44.2 Å². The molecular formula is C23H32N2O3. The molecule has 2 rings (SSSR count). The minimum absolute atomic E-state index is 0.0101. The van der Waals surface area contributed by atoms with E-state index in [0.29, 0.717) is 12.5 Å². The van der Waals surface area contributed by atoms with Gasteiger partial charge in [0.05, 0.1) is 13.2 Å². The Kier molecular flexibility index (Phi) is 8.33. The van der Waals surface area contributed by atoms with Gasteiger partial charge < -0.3 is 19.7 Å². The number of para-hydroxylation sites is 1. The van der Waals surface area contributed by atoms with Crippen molar-refractivity contribution in [3.05, 3.63) is 59.7 Å². The van der Waals surface area contributed by atoms with E-state index in [-0.39, 0.29) is 18.6 Å². The van der Waals surface area contributed by atoms with Crippen LogP contribution in [0.1, 0.15) is 43.4 Å². The van der Waals surface area contributed by atoms with Crippen molar-refractivity contribution in [2.45, 2.75) is 32.2 Å². The zero-order chi connectivity index (χ0) is 20.5. The van der Waals surface area contributed by atoms with Crippen LogP contribution in [0.15, 0.2) is 48.5 Å². The van der Waals surface area contributed by atoms with Gasteiger partial charge in [-0.15, -0.1) is 0 Å². The van der Waals surface area contributed by atoms with Crippen molar-refractivity contribution < 1.29 is 14.3 Å². The summed E-state index contributed by atoms with van der Waals surface area (Å²) in [6, 6.07) is 15.9. The molecular weight excluding hydrogens is 352 g/mol. The zero-order valence-corrected chi connectivity index (χ0v) is 17.6. The molecule has 0 saturated carbocycles. The lowest BCUT2D eigenvalue weighted by Crippen LogP contribution is -2.36. The van der Waals surface area contributed by atoms with Crippen molar-refractivity contribution in [2.75, 3.05) is 34.4 Å². The summed E-state index contributed by atoms with van der Waals surface area (Å²) in [6.07, 6.45) is 1.03. The molecule has 0 aliphatic carbocycles. The Hall–Kier alpha value is -2.53. The Morgan fingerprint density at radius 1 is 1.11 bits per heavy atom. The number of ether oxygens (including phenoxy) is 2. The molecule has 0 bridgehead atoms. The van der Waals surface area contributed by atoms with Gasteiger partial charge in [0, 0.05) is 6.54 Å². The summed E-state index contributed by atoms with van der Waals surface area (Å²) >= 11 is 0. The molecule has 28 heavy (non-hydrogen) atoms. The largest absolute Gasteiger partial charge is 0.497 e. The molecule has 0 aliphatic heterocycles. The number of carbonyl (C=O) groups is 1. The second kappa shape index (κ2) is 10.7. The van der Waals surface area contributed by atoms with Crippen molar-refractivity contribution >= 4 is 5.91 Å². The maximum Gasteiger partial charge on any atom is 0.258 e. The highest BCUT2D eigenvalue weighted by atomic mass is 16.5. The van der Waals surface area contributed by atoms with Crippen LogP contribution in [-0.2, 0) is 4.79 Å². The average Bonchev–Trinajstić information content (AvgIpc) is 2.72. The lowest BCUT2D eigenvalue weighted by molar-refractivity contribution is -0.123. The van der Waals surface area contributed by atoms with Crippen molar-refractivity contribution in [2.24, 2.45) is 0 Å². The Bertz CT molecular complexity index is 744. The number of amides is 1. The fourth-order valence-corrected chi connectivity index (χ4v) is 3.07. The molecule has 1 N–H and O–H groups in total. The van der Waals surface area contributed by atoms with Gasteiger partial charge >= 0.3 is 0 Å². The average molecular weight is 385 g/mol. The molecule has 5 heteroatoms. The Morgan fingerprint density at radius 3 is 2.39 bits per heavy atom. The van der Waals surface area contributed by atoms with E-state index < -0.39 is 0 Å². The van der Waals surface area contributed by atoms with Crippen LogP contribution in [0.3, 0.4) is 0 Å². The second-order valence-electron chi connectivity index (χ2n) is 7.19. The molecule has 1 amide bonds. The van der Waals surface area contributed by atoms with Crippen molar-refractivity contribution in [3.8, 4) is 11.5 Å². The molecule has 0 saturated heterocycles. The van der Waals surface area contributed by atoms with E-state index in [0.717, 1.165) is 29.0 Å². The van der Waals surface area contributed by atoms with E-state index in [1.54, 1.807) is 7.11 Å². The third-order valence-electron chi connectivity index (χ3n) is 5.04. The van der Waals surface area contributed by atoms with Crippen LogP contribution in [0.4, 0.5) is 0 Å². The summed E-state index contributed by atoms with van der Waals surface area (Å²) in [4.78, 5) is 14.4. The monoisotopic (exact) mass is 384 g/mol. The number of carbonyl (C=O) groups excluding carboxylic acids is 1. The van der Waals surface area contributed by atoms with Gasteiger partial charge in [0.2, 0.25) is 0 Å². The van der Waals surface area contributed by atoms with Gasteiger partial charge in [-0.3, -0.25) is 4.79 Å². The van der Waals surface area contributed by atoms with Crippen molar-refractivity contribution in [1.82, 2.24) is 10.2 Å². The summed E-state index contributed by atoms with van der Waals surface area (Å²) < 4.78 is 11.0. The van der Waals surface area contributed by atoms with Crippen LogP contribution in [0.2, 0.25) is 0 Å². The number of nitrogens with one attached hydrogen (secondary N) is 1. The zero-order valence-electron chi connectivity index (χ0n) is 17.6. The Labute approximate surface area is 168 Å². The third kappa shape index (κ3) is 5.99. The molecule has 2 aromatic rings. The van der Waals surface area contributed by atoms with E-state index >= 15 is 0 Å². The Morgan fingerprint density at radius 2 is 1.79 bits per heavy atom. The van der Waals surface area contributed by atoms with Gasteiger partial charge in [0.25, 0.3) is 5.91 Å². The van der Waals surface area contributed by atoms with Gasteiger partial charge in [-0.05, 0) is 55.8 Å². The van der Waals surface area contributed by atoms with E-state index in [1.807, 2.05) is 56.6 Å². The Balaban J connectivity index is 1.93. The fraction of sp³-hybridized carbons (Fsp3) is 0.435. The number of methoxy groups -OCH3 is 1. The van der Waals surface area contributed by atoms with Gasteiger partial charge in [0.15, 0.2) is 6.61 Å². The number of likely N-dealkylation sites (N-methyl/N-ethyl adjacent to an activating group) is 1. The highest BCUT2D eigenvalue weighted by Gasteiger charge is 2.16. The first-order chi connectivity index (χ1) is 13.5. The van der Waals surface area contributed by atoms with E-state index in [1.165, 1.54) is 0 Å². The van der Waals surface area contributed by atoms with Crippen LogP contribution in [0.25, 0.3) is 0 Å². The van der Waals surface area contributed by atoms with E-state index in [9.17, 15) is 4.79 Å². The molecule has 0 aliphatic rings. The normalized spacial score (nSPS) is 13.1. The predicted octanol–water partition coefficient (Wildman–Crippen LogP) is 4.01. The first-order valence-electron chi connectivity index (χ1n) is 9.75. The topological polar surface area (TPSA) is 50.8 Å². The van der Waals surface area contributed by atoms with E-state index in [4.69, 9.17) is 9.47 Å². The molecule has 0 heterocycles. The molecule has 2 atom stereocenters. The molecule has 2 aromatic carbocycles. The first kappa shape index (κ1) is 21.8. The summed E-state index contributed by atoms with van der Waals surface area (Å²) in [5.74, 6) is 1.87. The van der Waals surface area contributed by atoms with Crippen LogP contribution in [-0.4, -0.2) is 45.2 Å². The highest BCUT2D eigenvalue weighted by molar-refractivity contribution is 5.77. The number of rotatable bonds is 10. The van der Waals surface area contributed by atoms with Crippen LogP contribution < -0.4 is 14.8 Å². The maximum absolute atomic E-state index is 12.4. The number of hydrogen-bond donors (Lipinski definition) is 1. The number of hydrogen-bond acceptors (Lipinski definition) is 4. The minimum atomic E-state index is -0.126. The third-order valence-corrected chi connectivity index (χ3v) is 5.04. The quantitative estimate of drug-likeness (QED) is 0.673. The minimum Gasteiger partial charge on any atom is -0.497 e. The van der Waals surface area contributed by atoms with Gasteiger partial charge in [-0.25, -0.2) is 0 Å². The van der Waals surface area contributed by atoms with Crippen LogP contribution in [0, 0.1) is 0 Å². The van der Waals surface area contributed by atoms with Gasteiger partial charge in [-0.2, -0.15) is 0 Å². The molecule has 2 unspecified atom stereocenters. The van der Waals surface area contributed by atoms with Crippen molar-refractivity contribution in [1.29, 1.82) is 0 Å². The summed E-state index contributed by atoms with van der Waals surface area (Å²) in [6.45, 7) is 4.83. The smallest absolute Gasteiger partial charge is 0.258 e. The fourth-order valence-electron chi connectivity index (χ4n) is 3.07. The molecule has 5 nitrogen and oxygen atoms in total. The van der Waals surface area contributed by atoms with Gasteiger partial charge in [0.1, 0.15) is 11.5 Å². The summed E-state index contributed by atoms with van der Waals surface area (Å²) in [7, 11) is 5.65. The molecule has 0 aromatic heterocycles. The molecule has 152 valence electrons. The van der Waals surface area contributed by atoms with Crippen molar-refractivity contribution in [3.63, 3.8) is 0 Å². The standard InChI is InChI=1S/C23H32N2O3/c1-6-17(2)20-9-7-8-10-22(20)28-16-23(26)24-15-21(25(3)4)18-11-13-19(27-5)14-12-18/h7-14,17,21H,6,15-16H2,1-5H3,(H,24,26). The second-order valence-corrected chi connectivity index (χ2v) is 7.19. The summed E-state index contributed by atoms with van der Waals surface area (Å²) in [5, 5.41) is 2.99.